The van der Waals surface area contributed by atoms with Gasteiger partial charge in [-0.05, 0) is 60.8 Å². The minimum atomic E-state index is 0.861. The number of hydrogen-bond donors (Lipinski definition) is 0. The molecule has 0 amide bonds. The van der Waals surface area contributed by atoms with Crippen molar-refractivity contribution in [3.8, 4) is 5.75 Å². The van der Waals surface area contributed by atoms with Crippen LogP contribution in [0.1, 0.15) is 35.4 Å². The van der Waals surface area contributed by atoms with Crippen LogP contribution >= 0.6 is 0 Å². The third-order valence-corrected chi connectivity index (χ3v) is 4.01. The Balaban J connectivity index is 2.17. The van der Waals surface area contributed by atoms with E-state index in [0.29, 0.717) is 0 Å². The highest BCUT2D eigenvalue weighted by Crippen LogP contribution is 2.54. The Morgan fingerprint density at radius 2 is 2.14 bits per heavy atom. The molecule has 0 bridgehead atoms. The van der Waals surface area contributed by atoms with Crippen molar-refractivity contribution < 1.29 is 4.74 Å². The van der Waals surface area contributed by atoms with Gasteiger partial charge in [0.05, 0.1) is 7.11 Å². The van der Waals surface area contributed by atoms with Crippen molar-refractivity contribution in [2.45, 2.75) is 32.1 Å². The topological polar surface area (TPSA) is 9.23 Å². The van der Waals surface area contributed by atoms with Crippen LogP contribution < -0.4 is 4.74 Å². The molecular weight excluding hydrogens is 172 g/mol. The zero-order chi connectivity index (χ0) is 9.71. The highest BCUT2D eigenvalue weighted by molar-refractivity contribution is 5.51. The number of aryl methyl sites for hydroxylation is 1. The van der Waals surface area contributed by atoms with Gasteiger partial charge in [0.2, 0.25) is 0 Å². The summed E-state index contributed by atoms with van der Waals surface area (Å²) in [6.07, 6.45) is 4.07. The first-order valence-electron chi connectivity index (χ1n) is 5.47. The van der Waals surface area contributed by atoms with Crippen molar-refractivity contribution in [2.75, 3.05) is 7.11 Å². The van der Waals surface area contributed by atoms with Gasteiger partial charge < -0.3 is 4.74 Å². The molecule has 1 fully saturated rings. The smallest absolute Gasteiger partial charge is 0.122 e. The van der Waals surface area contributed by atoms with Crippen LogP contribution in [0.2, 0.25) is 0 Å². The summed E-state index contributed by atoms with van der Waals surface area (Å²) in [4.78, 5) is 0. The first kappa shape index (κ1) is 8.34. The van der Waals surface area contributed by atoms with Gasteiger partial charge in [0, 0.05) is 0 Å². The van der Waals surface area contributed by atoms with Crippen LogP contribution in [0, 0.1) is 12.8 Å². The summed E-state index contributed by atoms with van der Waals surface area (Å²) < 4.78 is 5.44. The molecule has 1 aromatic rings. The summed E-state index contributed by atoms with van der Waals surface area (Å²) in [5, 5.41) is 0. The molecule has 0 spiro atoms. The van der Waals surface area contributed by atoms with E-state index in [0.717, 1.165) is 17.6 Å². The first-order chi connectivity index (χ1) is 6.81. The van der Waals surface area contributed by atoms with Crippen LogP contribution in [0.5, 0.6) is 5.75 Å². The zero-order valence-electron chi connectivity index (χ0n) is 8.84. The summed E-state index contributed by atoms with van der Waals surface area (Å²) >= 11 is 0. The first-order valence-corrected chi connectivity index (χ1v) is 5.47. The van der Waals surface area contributed by atoms with Gasteiger partial charge in [0.15, 0.2) is 0 Å². The summed E-state index contributed by atoms with van der Waals surface area (Å²) in [5.41, 5.74) is 4.58. The highest BCUT2D eigenvalue weighted by Gasteiger charge is 2.41. The Kier molecular flexibility index (Phi) is 1.64. The lowest BCUT2D eigenvalue weighted by molar-refractivity contribution is 0.279. The molecule has 2 unspecified atom stereocenters. The Bertz CT molecular complexity index is 381. The van der Waals surface area contributed by atoms with Gasteiger partial charge in [-0.25, -0.2) is 0 Å². The standard InChI is InChI=1S/C13H16O/c1-8-3-6-12(14-2)11-7-9-4-5-10(9)13(8)11/h3,6,9-10H,4-5,7H2,1-2H3. The second kappa shape index (κ2) is 2.75. The average molecular weight is 188 g/mol. The third-order valence-electron chi connectivity index (χ3n) is 4.01. The lowest BCUT2D eigenvalue weighted by atomic mass is 9.73. The number of ether oxygens (including phenoxy) is 1. The Morgan fingerprint density at radius 1 is 1.29 bits per heavy atom. The molecule has 2 aliphatic rings. The van der Waals surface area contributed by atoms with Gasteiger partial charge in [-0.3, -0.25) is 0 Å². The normalized spacial score (nSPS) is 27.9. The fourth-order valence-corrected chi connectivity index (χ4v) is 3.14. The van der Waals surface area contributed by atoms with E-state index in [1.807, 2.05) is 0 Å². The van der Waals surface area contributed by atoms with Crippen LogP contribution in [0.25, 0.3) is 0 Å². The van der Waals surface area contributed by atoms with Crippen LogP contribution in [-0.2, 0) is 6.42 Å². The molecule has 0 saturated heterocycles. The molecule has 3 rings (SSSR count). The molecule has 2 aliphatic carbocycles. The van der Waals surface area contributed by atoms with Crippen molar-refractivity contribution in [3.05, 3.63) is 28.8 Å². The van der Waals surface area contributed by atoms with E-state index >= 15 is 0 Å². The zero-order valence-corrected chi connectivity index (χ0v) is 8.84. The van der Waals surface area contributed by atoms with E-state index < -0.39 is 0 Å². The number of methoxy groups -OCH3 is 1. The Hall–Kier alpha value is -0.980. The number of fused-ring (bicyclic) bond motifs is 3. The van der Waals surface area contributed by atoms with E-state index in [9.17, 15) is 0 Å². The predicted octanol–water partition coefficient (Wildman–Crippen LogP) is 3.05. The third kappa shape index (κ3) is 0.902. The van der Waals surface area contributed by atoms with Crippen molar-refractivity contribution >= 4 is 0 Å². The fraction of sp³-hybridized carbons (Fsp3) is 0.538. The Labute approximate surface area is 85.1 Å². The van der Waals surface area contributed by atoms with Gasteiger partial charge in [-0.1, -0.05) is 6.07 Å². The van der Waals surface area contributed by atoms with Crippen LogP contribution in [0.15, 0.2) is 12.1 Å². The van der Waals surface area contributed by atoms with Gasteiger partial charge in [0.1, 0.15) is 5.75 Å². The molecule has 2 atom stereocenters. The van der Waals surface area contributed by atoms with Crippen LogP contribution in [0.4, 0.5) is 0 Å². The largest absolute Gasteiger partial charge is 0.496 e. The SMILES string of the molecule is COc1ccc(C)c2c1CC1CCC21. The molecule has 1 aromatic carbocycles. The maximum absolute atomic E-state index is 5.44. The molecule has 1 saturated carbocycles. The van der Waals surface area contributed by atoms with Crippen molar-refractivity contribution in [1.82, 2.24) is 0 Å². The number of benzene rings is 1. The summed E-state index contributed by atoms with van der Waals surface area (Å²) in [7, 11) is 1.78. The lowest BCUT2D eigenvalue weighted by Crippen LogP contribution is -2.19. The summed E-state index contributed by atoms with van der Waals surface area (Å²) in [6.45, 7) is 2.24. The molecule has 0 N–H and O–H groups in total. The van der Waals surface area contributed by atoms with Crippen molar-refractivity contribution in [1.29, 1.82) is 0 Å². The minimum absolute atomic E-state index is 0.861. The van der Waals surface area contributed by atoms with E-state index in [-0.39, 0.29) is 0 Å². The second-order valence-corrected chi connectivity index (χ2v) is 4.62. The molecule has 0 aromatic heterocycles. The molecule has 1 heteroatoms. The molecule has 0 radical (unpaired) electrons. The van der Waals surface area contributed by atoms with Crippen molar-refractivity contribution in [2.24, 2.45) is 5.92 Å². The molecule has 74 valence electrons. The molecular formula is C13H16O. The van der Waals surface area contributed by atoms with E-state index in [1.54, 1.807) is 12.7 Å². The molecule has 14 heavy (non-hydrogen) atoms. The van der Waals surface area contributed by atoms with Crippen LogP contribution in [-0.4, -0.2) is 7.11 Å². The fourth-order valence-electron chi connectivity index (χ4n) is 3.14. The minimum Gasteiger partial charge on any atom is -0.496 e. The predicted molar refractivity (Wildman–Crippen MR) is 56.9 cm³/mol. The second-order valence-electron chi connectivity index (χ2n) is 4.62. The van der Waals surface area contributed by atoms with Crippen molar-refractivity contribution in [3.63, 3.8) is 0 Å². The quantitative estimate of drug-likeness (QED) is 0.658. The van der Waals surface area contributed by atoms with E-state index in [2.05, 4.69) is 19.1 Å². The summed E-state index contributed by atoms with van der Waals surface area (Å²) in [5.74, 6) is 2.90. The number of hydrogen-bond acceptors (Lipinski definition) is 1. The summed E-state index contributed by atoms with van der Waals surface area (Å²) in [6, 6.07) is 4.33. The molecule has 0 aliphatic heterocycles. The van der Waals surface area contributed by atoms with E-state index in [4.69, 9.17) is 4.74 Å². The lowest BCUT2D eigenvalue weighted by Gasteiger charge is -2.31. The van der Waals surface area contributed by atoms with Crippen LogP contribution in [0.3, 0.4) is 0 Å². The van der Waals surface area contributed by atoms with Gasteiger partial charge in [-0.2, -0.15) is 0 Å². The molecule has 0 heterocycles. The van der Waals surface area contributed by atoms with Gasteiger partial charge in [0.25, 0.3) is 0 Å². The van der Waals surface area contributed by atoms with Gasteiger partial charge in [-0.15, -0.1) is 0 Å². The molecule has 1 nitrogen and oxygen atoms in total. The highest BCUT2D eigenvalue weighted by atomic mass is 16.5. The Morgan fingerprint density at radius 3 is 2.79 bits per heavy atom. The average Bonchev–Trinajstić information content (AvgIpc) is 2.41. The monoisotopic (exact) mass is 188 g/mol. The maximum Gasteiger partial charge on any atom is 0.122 e. The van der Waals surface area contributed by atoms with E-state index in [1.165, 1.54) is 30.4 Å². The number of rotatable bonds is 1. The maximum atomic E-state index is 5.44. The van der Waals surface area contributed by atoms with Gasteiger partial charge >= 0.3 is 0 Å².